The second-order valence-electron chi connectivity index (χ2n) is 5.36. The van der Waals surface area contributed by atoms with Crippen molar-refractivity contribution in [3.8, 4) is 0 Å². The molecular weight excluding hydrogens is 320 g/mol. The first-order chi connectivity index (χ1) is 9.45. The molecule has 1 aliphatic heterocycles. The first-order valence-electron chi connectivity index (χ1n) is 6.76. The molecule has 2 amide bonds. The Morgan fingerprint density at radius 1 is 1.35 bits per heavy atom. The van der Waals surface area contributed by atoms with Gasteiger partial charge < -0.3 is 10.2 Å². The van der Waals surface area contributed by atoms with E-state index < -0.39 is 0 Å². The van der Waals surface area contributed by atoms with E-state index in [1.54, 1.807) is 11.8 Å². The number of nitrogens with zero attached hydrogens (tertiary/aromatic N) is 1. The zero-order valence-electron chi connectivity index (χ0n) is 11.7. The second kappa shape index (κ2) is 6.39. The predicted molar refractivity (Wildman–Crippen MR) is 81.2 cm³/mol. The summed E-state index contributed by atoms with van der Waals surface area (Å²) in [6.45, 7) is 4.74. The van der Waals surface area contributed by atoms with E-state index in [0.29, 0.717) is 13.1 Å². The maximum Gasteiger partial charge on any atom is 0.223 e. The zero-order valence-corrected chi connectivity index (χ0v) is 13.3. The van der Waals surface area contributed by atoms with Gasteiger partial charge in [0.25, 0.3) is 0 Å². The Morgan fingerprint density at radius 2 is 1.95 bits per heavy atom. The van der Waals surface area contributed by atoms with Gasteiger partial charge in [-0.25, -0.2) is 0 Å². The lowest BCUT2D eigenvalue weighted by Gasteiger charge is -2.39. The molecule has 1 unspecified atom stereocenters. The average Bonchev–Trinajstić information content (AvgIpc) is 2.35. The minimum atomic E-state index is -0.0671. The number of amides is 2. The molecule has 0 aliphatic carbocycles. The third-order valence-corrected chi connectivity index (χ3v) is 4.10. The molecule has 20 heavy (non-hydrogen) atoms. The third-order valence-electron chi connectivity index (χ3n) is 3.58. The summed E-state index contributed by atoms with van der Waals surface area (Å²) in [5.74, 6) is 0.0575. The summed E-state index contributed by atoms with van der Waals surface area (Å²) in [7, 11) is 0. The van der Waals surface area contributed by atoms with Gasteiger partial charge in [-0.3, -0.25) is 9.59 Å². The van der Waals surface area contributed by atoms with Crippen molar-refractivity contribution in [2.45, 2.75) is 26.3 Å². The molecule has 0 aromatic heterocycles. The van der Waals surface area contributed by atoms with Gasteiger partial charge in [-0.05, 0) is 24.1 Å². The van der Waals surface area contributed by atoms with Crippen molar-refractivity contribution in [2.75, 3.05) is 13.1 Å². The van der Waals surface area contributed by atoms with E-state index in [9.17, 15) is 9.59 Å². The van der Waals surface area contributed by atoms with Crippen LogP contribution in [0, 0.1) is 5.92 Å². The lowest BCUT2D eigenvalue weighted by molar-refractivity contribution is -0.136. The number of carbonyl (C=O) groups is 2. The molecule has 1 heterocycles. The number of carbonyl (C=O) groups excluding carboxylic acids is 2. The first kappa shape index (κ1) is 15.0. The number of hydrogen-bond donors (Lipinski definition) is 1. The monoisotopic (exact) mass is 338 g/mol. The molecule has 1 aliphatic rings. The Labute approximate surface area is 127 Å². The van der Waals surface area contributed by atoms with Crippen LogP contribution in [0.15, 0.2) is 28.7 Å². The molecule has 5 heteroatoms. The molecule has 2 rings (SSSR count). The Bertz CT molecular complexity index is 495. The Kier molecular flexibility index (Phi) is 4.81. The van der Waals surface area contributed by atoms with E-state index in [0.717, 1.165) is 16.5 Å². The summed E-state index contributed by atoms with van der Waals surface area (Å²) < 4.78 is 1.04. The van der Waals surface area contributed by atoms with Crippen LogP contribution >= 0.6 is 15.9 Å². The molecule has 1 fully saturated rings. The Balaban J connectivity index is 1.78. The fraction of sp³-hybridized carbons (Fsp3) is 0.467. The SMILES string of the molecule is CC(=O)N1CC(NC(=O)C(C)Cc2ccc(Br)cc2)C1. The van der Waals surface area contributed by atoms with Crippen LogP contribution in [-0.2, 0) is 16.0 Å². The fourth-order valence-corrected chi connectivity index (χ4v) is 2.50. The summed E-state index contributed by atoms with van der Waals surface area (Å²) >= 11 is 3.40. The average molecular weight is 339 g/mol. The van der Waals surface area contributed by atoms with E-state index in [1.165, 1.54) is 0 Å². The molecule has 0 radical (unpaired) electrons. The van der Waals surface area contributed by atoms with E-state index in [4.69, 9.17) is 0 Å². The normalized spacial score (nSPS) is 16.4. The summed E-state index contributed by atoms with van der Waals surface area (Å²) in [5, 5.41) is 2.99. The summed E-state index contributed by atoms with van der Waals surface area (Å²) in [6, 6.07) is 8.12. The van der Waals surface area contributed by atoms with Crippen LogP contribution in [0.4, 0.5) is 0 Å². The molecule has 108 valence electrons. The number of nitrogens with one attached hydrogen (secondary N) is 1. The van der Waals surface area contributed by atoms with Gasteiger partial charge in [-0.2, -0.15) is 0 Å². The summed E-state index contributed by atoms with van der Waals surface area (Å²) in [4.78, 5) is 24.9. The highest BCUT2D eigenvalue weighted by atomic mass is 79.9. The molecule has 0 saturated carbocycles. The van der Waals surface area contributed by atoms with Crippen LogP contribution in [0.3, 0.4) is 0 Å². The quantitative estimate of drug-likeness (QED) is 0.912. The van der Waals surface area contributed by atoms with Crippen LogP contribution in [0.5, 0.6) is 0 Å². The third kappa shape index (κ3) is 3.82. The van der Waals surface area contributed by atoms with Crippen molar-refractivity contribution in [3.05, 3.63) is 34.3 Å². The van der Waals surface area contributed by atoms with Crippen molar-refractivity contribution < 1.29 is 9.59 Å². The fourth-order valence-electron chi connectivity index (χ4n) is 2.24. The molecule has 0 spiro atoms. The molecule has 0 bridgehead atoms. The maximum absolute atomic E-state index is 12.1. The number of hydrogen-bond acceptors (Lipinski definition) is 2. The van der Waals surface area contributed by atoms with Crippen molar-refractivity contribution in [3.63, 3.8) is 0 Å². The van der Waals surface area contributed by atoms with Gasteiger partial charge in [0.1, 0.15) is 0 Å². The van der Waals surface area contributed by atoms with Gasteiger partial charge in [0.15, 0.2) is 0 Å². The number of halogens is 1. The standard InChI is InChI=1S/C15H19BrN2O2/c1-10(7-12-3-5-13(16)6-4-12)15(20)17-14-8-18(9-14)11(2)19/h3-6,10,14H,7-9H2,1-2H3,(H,17,20). The molecule has 1 aromatic rings. The van der Waals surface area contributed by atoms with Crippen molar-refractivity contribution >= 4 is 27.7 Å². The molecule has 1 atom stereocenters. The summed E-state index contributed by atoms with van der Waals surface area (Å²) in [5.41, 5.74) is 1.15. The highest BCUT2D eigenvalue weighted by molar-refractivity contribution is 9.10. The minimum Gasteiger partial charge on any atom is -0.350 e. The smallest absolute Gasteiger partial charge is 0.223 e. The van der Waals surface area contributed by atoms with E-state index in [1.807, 2.05) is 31.2 Å². The van der Waals surface area contributed by atoms with Gasteiger partial charge in [0.2, 0.25) is 11.8 Å². The highest BCUT2D eigenvalue weighted by Gasteiger charge is 2.30. The van der Waals surface area contributed by atoms with Crippen molar-refractivity contribution in [2.24, 2.45) is 5.92 Å². The Morgan fingerprint density at radius 3 is 2.50 bits per heavy atom. The van der Waals surface area contributed by atoms with Crippen LogP contribution in [0.1, 0.15) is 19.4 Å². The van der Waals surface area contributed by atoms with Crippen LogP contribution in [-0.4, -0.2) is 35.8 Å². The lowest BCUT2D eigenvalue weighted by Crippen LogP contribution is -2.61. The van der Waals surface area contributed by atoms with Gasteiger partial charge in [-0.1, -0.05) is 35.0 Å². The summed E-state index contributed by atoms with van der Waals surface area (Å²) in [6.07, 6.45) is 0.724. The molecule has 1 saturated heterocycles. The number of likely N-dealkylation sites (tertiary alicyclic amines) is 1. The van der Waals surface area contributed by atoms with E-state index >= 15 is 0 Å². The second-order valence-corrected chi connectivity index (χ2v) is 6.28. The van der Waals surface area contributed by atoms with E-state index in [-0.39, 0.29) is 23.8 Å². The van der Waals surface area contributed by atoms with Crippen LogP contribution in [0.25, 0.3) is 0 Å². The van der Waals surface area contributed by atoms with Crippen LogP contribution < -0.4 is 5.32 Å². The largest absolute Gasteiger partial charge is 0.350 e. The number of benzene rings is 1. The zero-order chi connectivity index (χ0) is 14.7. The minimum absolute atomic E-state index is 0.0566. The highest BCUT2D eigenvalue weighted by Crippen LogP contribution is 2.15. The van der Waals surface area contributed by atoms with Crippen LogP contribution in [0.2, 0.25) is 0 Å². The molecule has 1 aromatic carbocycles. The van der Waals surface area contributed by atoms with Gasteiger partial charge >= 0.3 is 0 Å². The lowest BCUT2D eigenvalue weighted by atomic mass is 9.99. The molecule has 1 N–H and O–H groups in total. The molecular formula is C15H19BrN2O2. The van der Waals surface area contributed by atoms with Crippen molar-refractivity contribution in [1.29, 1.82) is 0 Å². The van der Waals surface area contributed by atoms with Crippen molar-refractivity contribution in [1.82, 2.24) is 10.2 Å². The maximum atomic E-state index is 12.1. The van der Waals surface area contributed by atoms with Gasteiger partial charge in [0, 0.05) is 30.4 Å². The molecule has 4 nitrogen and oxygen atoms in total. The predicted octanol–water partition coefficient (Wildman–Crippen LogP) is 1.97. The van der Waals surface area contributed by atoms with Gasteiger partial charge in [0.05, 0.1) is 6.04 Å². The van der Waals surface area contributed by atoms with E-state index in [2.05, 4.69) is 21.2 Å². The first-order valence-corrected chi connectivity index (χ1v) is 7.55. The number of rotatable bonds is 4. The topological polar surface area (TPSA) is 49.4 Å². The Hall–Kier alpha value is -1.36. The van der Waals surface area contributed by atoms with Gasteiger partial charge in [-0.15, -0.1) is 0 Å².